The third-order valence-corrected chi connectivity index (χ3v) is 1.88. The summed E-state index contributed by atoms with van der Waals surface area (Å²) < 4.78 is 0. The van der Waals surface area contributed by atoms with Gasteiger partial charge >= 0.3 is 0 Å². The molecule has 0 unspecified atom stereocenters. The molecule has 0 aliphatic carbocycles. The molecule has 3 heteroatoms. The van der Waals surface area contributed by atoms with Crippen molar-refractivity contribution < 1.29 is 0 Å². The quantitative estimate of drug-likeness (QED) is 0.721. The molecule has 3 nitrogen and oxygen atoms in total. The Balaban J connectivity index is 2.88. The first-order chi connectivity index (χ1) is 5.61. The lowest BCUT2D eigenvalue weighted by molar-refractivity contribution is 0.501. The van der Waals surface area contributed by atoms with Crippen molar-refractivity contribution >= 4 is 0 Å². The van der Waals surface area contributed by atoms with E-state index >= 15 is 0 Å². The molecule has 0 amide bonds. The first-order valence-corrected chi connectivity index (χ1v) is 4.15. The SMILES string of the molecule is Cc1cc([C@@H](N)C(C)C)ncn1. The van der Waals surface area contributed by atoms with Crippen LogP contribution < -0.4 is 5.73 Å². The predicted molar refractivity (Wildman–Crippen MR) is 48.5 cm³/mol. The van der Waals surface area contributed by atoms with Gasteiger partial charge in [-0.2, -0.15) is 0 Å². The highest BCUT2D eigenvalue weighted by Gasteiger charge is 2.11. The fourth-order valence-corrected chi connectivity index (χ4v) is 0.999. The van der Waals surface area contributed by atoms with Gasteiger partial charge in [0.05, 0.1) is 5.69 Å². The highest BCUT2D eigenvalue weighted by Crippen LogP contribution is 2.15. The van der Waals surface area contributed by atoms with Crippen LogP contribution >= 0.6 is 0 Å². The highest BCUT2D eigenvalue weighted by molar-refractivity contribution is 5.10. The van der Waals surface area contributed by atoms with Crippen molar-refractivity contribution in [3.05, 3.63) is 23.8 Å². The van der Waals surface area contributed by atoms with Crippen molar-refractivity contribution in [1.82, 2.24) is 9.97 Å². The molecule has 66 valence electrons. The molecule has 1 heterocycles. The summed E-state index contributed by atoms with van der Waals surface area (Å²) in [6.07, 6.45) is 1.56. The van der Waals surface area contributed by atoms with Crippen molar-refractivity contribution in [1.29, 1.82) is 0 Å². The number of aromatic nitrogens is 2. The fourth-order valence-electron chi connectivity index (χ4n) is 0.999. The topological polar surface area (TPSA) is 51.8 Å². The van der Waals surface area contributed by atoms with Gasteiger partial charge in [-0.3, -0.25) is 0 Å². The van der Waals surface area contributed by atoms with Crippen LogP contribution in [-0.4, -0.2) is 9.97 Å². The van der Waals surface area contributed by atoms with Crippen LogP contribution in [0.5, 0.6) is 0 Å². The molecule has 1 rings (SSSR count). The van der Waals surface area contributed by atoms with Crippen LogP contribution in [-0.2, 0) is 0 Å². The summed E-state index contributed by atoms with van der Waals surface area (Å²) >= 11 is 0. The number of hydrogen-bond donors (Lipinski definition) is 1. The van der Waals surface area contributed by atoms with Crippen molar-refractivity contribution in [3.63, 3.8) is 0 Å². The second kappa shape index (κ2) is 3.63. The smallest absolute Gasteiger partial charge is 0.115 e. The maximum absolute atomic E-state index is 5.92. The number of rotatable bonds is 2. The van der Waals surface area contributed by atoms with Crippen LogP contribution in [0.25, 0.3) is 0 Å². The van der Waals surface area contributed by atoms with Gasteiger partial charge in [-0.25, -0.2) is 9.97 Å². The molecule has 1 aromatic rings. The van der Waals surface area contributed by atoms with E-state index in [1.165, 1.54) is 0 Å². The first kappa shape index (κ1) is 9.13. The van der Waals surface area contributed by atoms with Gasteiger partial charge in [-0.1, -0.05) is 13.8 Å². The summed E-state index contributed by atoms with van der Waals surface area (Å²) in [5, 5.41) is 0. The zero-order valence-electron chi connectivity index (χ0n) is 7.78. The monoisotopic (exact) mass is 165 g/mol. The molecular formula is C9H15N3. The largest absolute Gasteiger partial charge is 0.322 e. The Hall–Kier alpha value is -0.960. The normalized spacial score (nSPS) is 13.4. The van der Waals surface area contributed by atoms with Gasteiger partial charge in [0.25, 0.3) is 0 Å². The highest BCUT2D eigenvalue weighted by atomic mass is 14.9. The molecule has 0 aliphatic rings. The zero-order valence-corrected chi connectivity index (χ0v) is 7.78. The van der Waals surface area contributed by atoms with Gasteiger partial charge in [0.15, 0.2) is 0 Å². The number of aryl methyl sites for hydroxylation is 1. The Morgan fingerprint density at radius 1 is 1.33 bits per heavy atom. The van der Waals surface area contributed by atoms with Crippen LogP contribution in [0.15, 0.2) is 12.4 Å². The maximum atomic E-state index is 5.92. The lowest BCUT2D eigenvalue weighted by Crippen LogP contribution is -2.18. The first-order valence-electron chi connectivity index (χ1n) is 4.15. The molecule has 0 saturated heterocycles. The molecule has 0 aliphatic heterocycles. The minimum Gasteiger partial charge on any atom is -0.322 e. The van der Waals surface area contributed by atoms with Gasteiger partial charge in [-0.05, 0) is 18.9 Å². The Kier molecular flexibility index (Phi) is 2.76. The standard InChI is InChI=1S/C9H15N3/c1-6(2)9(10)8-4-7(3)11-5-12-8/h4-6,9H,10H2,1-3H3/t9-/m0/s1. The van der Waals surface area contributed by atoms with E-state index in [1.54, 1.807) is 6.33 Å². The summed E-state index contributed by atoms with van der Waals surface area (Å²) in [5.74, 6) is 0.416. The third kappa shape index (κ3) is 2.01. The molecule has 0 saturated carbocycles. The lowest BCUT2D eigenvalue weighted by atomic mass is 10.0. The van der Waals surface area contributed by atoms with Crippen molar-refractivity contribution in [2.45, 2.75) is 26.8 Å². The van der Waals surface area contributed by atoms with Gasteiger partial charge in [0.1, 0.15) is 6.33 Å². The van der Waals surface area contributed by atoms with Gasteiger partial charge in [0.2, 0.25) is 0 Å². The Bertz CT molecular complexity index is 258. The summed E-state index contributed by atoms with van der Waals surface area (Å²) in [6, 6.07) is 1.96. The maximum Gasteiger partial charge on any atom is 0.115 e. The average Bonchev–Trinajstić information content (AvgIpc) is 2.03. The summed E-state index contributed by atoms with van der Waals surface area (Å²) in [5.41, 5.74) is 7.81. The predicted octanol–water partition coefficient (Wildman–Crippen LogP) is 1.44. The zero-order chi connectivity index (χ0) is 9.14. The van der Waals surface area contributed by atoms with Gasteiger partial charge < -0.3 is 5.73 Å². The van der Waals surface area contributed by atoms with E-state index in [1.807, 2.05) is 13.0 Å². The average molecular weight is 165 g/mol. The summed E-state index contributed by atoms with van der Waals surface area (Å²) in [7, 11) is 0. The molecule has 0 bridgehead atoms. The fraction of sp³-hybridized carbons (Fsp3) is 0.556. The summed E-state index contributed by atoms with van der Waals surface area (Å²) in [4.78, 5) is 8.14. The minimum atomic E-state index is 0.0201. The lowest BCUT2D eigenvalue weighted by Gasteiger charge is -2.14. The molecule has 1 atom stereocenters. The van der Waals surface area contributed by atoms with Crippen LogP contribution in [0.3, 0.4) is 0 Å². The molecular weight excluding hydrogens is 150 g/mol. The molecule has 2 N–H and O–H groups in total. The number of nitrogens with two attached hydrogens (primary N) is 1. The molecule has 0 aromatic carbocycles. The van der Waals surface area contributed by atoms with E-state index in [0.29, 0.717) is 5.92 Å². The van der Waals surface area contributed by atoms with Crippen LogP contribution in [0, 0.1) is 12.8 Å². The van der Waals surface area contributed by atoms with Crippen LogP contribution in [0.1, 0.15) is 31.3 Å². The number of nitrogens with zero attached hydrogens (tertiary/aromatic N) is 2. The van der Waals surface area contributed by atoms with Crippen molar-refractivity contribution in [2.75, 3.05) is 0 Å². The molecule has 1 aromatic heterocycles. The number of hydrogen-bond acceptors (Lipinski definition) is 3. The van der Waals surface area contributed by atoms with Gasteiger partial charge in [0, 0.05) is 11.7 Å². The van der Waals surface area contributed by atoms with E-state index in [-0.39, 0.29) is 6.04 Å². The Morgan fingerprint density at radius 2 is 2.00 bits per heavy atom. The van der Waals surface area contributed by atoms with Crippen LogP contribution in [0.2, 0.25) is 0 Å². The minimum absolute atomic E-state index is 0.0201. The molecule has 12 heavy (non-hydrogen) atoms. The van der Waals surface area contributed by atoms with Crippen LogP contribution in [0.4, 0.5) is 0 Å². The molecule has 0 spiro atoms. The van der Waals surface area contributed by atoms with E-state index in [4.69, 9.17) is 5.73 Å². The van der Waals surface area contributed by atoms with E-state index in [2.05, 4.69) is 23.8 Å². The molecule has 0 radical (unpaired) electrons. The second-order valence-electron chi connectivity index (χ2n) is 3.35. The van der Waals surface area contributed by atoms with Gasteiger partial charge in [-0.15, -0.1) is 0 Å². The van der Waals surface area contributed by atoms with E-state index < -0.39 is 0 Å². The van der Waals surface area contributed by atoms with Crippen molar-refractivity contribution in [3.8, 4) is 0 Å². The Labute approximate surface area is 73.0 Å². The van der Waals surface area contributed by atoms with E-state index in [9.17, 15) is 0 Å². The molecule has 0 fully saturated rings. The Morgan fingerprint density at radius 3 is 2.50 bits per heavy atom. The van der Waals surface area contributed by atoms with Crippen molar-refractivity contribution in [2.24, 2.45) is 11.7 Å². The third-order valence-electron chi connectivity index (χ3n) is 1.88. The second-order valence-corrected chi connectivity index (χ2v) is 3.35. The van der Waals surface area contributed by atoms with E-state index in [0.717, 1.165) is 11.4 Å². The summed E-state index contributed by atoms with van der Waals surface area (Å²) in [6.45, 7) is 6.11.